The number of nitro groups is 1. The highest BCUT2D eigenvalue weighted by molar-refractivity contribution is 7.89. The molecular weight excluding hydrogens is 474 g/mol. The van der Waals surface area contributed by atoms with Gasteiger partial charge in [0.1, 0.15) is 6.04 Å². The summed E-state index contributed by atoms with van der Waals surface area (Å²) in [6.45, 7) is 1.68. The molecule has 0 aromatic heterocycles. The van der Waals surface area contributed by atoms with E-state index in [1.165, 1.54) is 50.6 Å². The number of hydrogen-bond donors (Lipinski definition) is 2. The SMILES string of the molecule is COc1ccc(S(=O)(=O)N[C@@H](Cc2ccccc2)C(=O)Nc2cc([N+](=O)[O-])ccc2C)cc1OC. The van der Waals surface area contributed by atoms with E-state index in [1.807, 2.05) is 0 Å². The maximum Gasteiger partial charge on any atom is 0.271 e. The smallest absolute Gasteiger partial charge is 0.271 e. The molecule has 1 amide bonds. The van der Waals surface area contributed by atoms with E-state index in [0.717, 1.165) is 5.56 Å². The van der Waals surface area contributed by atoms with Gasteiger partial charge in [-0.1, -0.05) is 36.4 Å². The van der Waals surface area contributed by atoms with Gasteiger partial charge in [0.2, 0.25) is 15.9 Å². The lowest BCUT2D eigenvalue weighted by Gasteiger charge is -2.20. The van der Waals surface area contributed by atoms with Crippen LogP contribution in [0.5, 0.6) is 11.5 Å². The van der Waals surface area contributed by atoms with Crippen LogP contribution in [-0.4, -0.2) is 39.5 Å². The van der Waals surface area contributed by atoms with E-state index in [9.17, 15) is 23.3 Å². The third kappa shape index (κ3) is 6.34. The fourth-order valence-corrected chi connectivity index (χ4v) is 4.57. The van der Waals surface area contributed by atoms with Crippen LogP contribution in [0.3, 0.4) is 0 Å². The lowest BCUT2D eigenvalue weighted by atomic mass is 10.1. The van der Waals surface area contributed by atoms with Crippen molar-refractivity contribution in [2.24, 2.45) is 0 Å². The zero-order valence-electron chi connectivity index (χ0n) is 19.3. The Balaban J connectivity index is 1.93. The number of amides is 1. The maximum atomic E-state index is 13.2. The summed E-state index contributed by atoms with van der Waals surface area (Å²) in [5.74, 6) is -0.0978. The van der Waals surface area contributed by atoms with Gasteiger partial charge in [0.25, 0.3) is 5.69 Å². The molecule has 35 heavy (non-hydrogen) atoms. The highest BCUT2D eigenvalue weighted by Crippen LogP contribution is 2.29. The molecule has 0 aliphatic heterocycles. The number of non-ortho nitro benzene ring substituents is 1. The molecule has 0 unspecified atom stereocenters. The lowest BCUT2D eigenvalue weighted by Crippen LogP contribution is -2.45. The zero-order chi connectivity index (χ0) is 25.6. The summed E-state index contributed by atoms with van der Waals surface area (Å²) in [6.07, 6.45) is 0.0488. The number of carbonyl (C=O) groups excluding carboxylic acids is 1. The Kier molecular flexibility index (Phi) is 8.05. The Hall–Kier alpha value is -3.96. The topological polar surface area (TPSA) is 137 Å². The standard InChI is InChI=1S/C24H25N3O7S/c1-16-9-10-18(27(29)30)14-20(16)25-24(28)21(13-17-7-5-4-6-8-17)26-35(31,32)19-11-12-22(33-2)23(15-19)34-3/h4-12,14-15,21,26H,13H2,1-3H3,(H,25,28)/t21-/m0/s1. The molecule has 3 aromatic carbocycles. The quantitative estimate of drug-likeness (QED) is 0.322. The average Bonchev–Trinajstić information content (AvgIpc) is 2.84. The van der Waals surface area contributed by atoms with Crippen LogP contribution in [-0.2, 0) is 21.2 Å². The van der Waals surface area contributed by atoms with Crippen molar-refractivity contribution in [3.8, 4) is 11.5 Å². The van der Waals surface area contributed by atoms with Crippen LogP contribution in [0.4, 0.5) is 11.4 Å². The first kappa shape index (κ1) is 25.7. The Labute approximate surface area is 203 Å². The van der Waals surface area contributed by atoms with Crippen molar-refractivity contribution in [3.63, 3.8) is 0 Å². The molecule has 0 spiro atoms. The van der Waals surface area contributed by atoms with Gasteiger partial charge in [-0.15, -0.1) is 0 Å². The van der Waals surface area contributed by atoms with Gasteiger partial charge in [0.05, 0.1) is 29.7 Å². The minimum absolute atomic E-state index is 0.0488. The molecule has 0 aliphatic carbocycles. The zero-order valence-corrected chi connectivity index (χ0v) is 20.2. The molecule has 1 atom stereocenters. The molecule has 11 heteroatoms. The molecule has 0 aliphatic rings. The molecule has 0 saturated heterocycles. The third-order valence-corrected chi connectivity index (χ3v) is 6.72. The molecule has 3 rings (SSSR count). The monoisotopic (exact) mass is 499 g/mol. The molecule has 2 N–H and O–H groups in total. The Morgan fingerprint density at radius 1 is 1.00 bits per heavy atom. The van der Waals surface area contributed by atoms with Crippen molar-refractivity contribution in [2.45, 2.75) is 24.3 Å². The van der Waals surface area contributed by atoms with Gasteiger partial charge in [0.15, 0.2) is 11.5 Å². The molecule has 0 fully saturated rings. The van der Waals surface area contributed by atoms with Crippen LogP contribution in [0, 0.1) is 17.0 Å². The number of nitro benzene ring substituents is 1. The number of nitrogens with one attached hydrogen (secondary N) is 2. The third-order valence-electron chi connectivity index (χ3n) is 5.25. The van der Waals surface area contributed by atoms with Crippen LogP contribution in [0.15, 0.2) is 71.6 Å². The summed E-state index contributed by atoms with van der Waals surface area (Å²) in [4.78, 5) is 23.7. The summed E-state index contributed by atoms with van der Waals surface area (Å²) in [5, 5.41) is 13.8. The van der Waals surface area contributed by atoms with Crippen LogP contribution in [0.1, 0.15) is 11.1 Å². The van der Waals surface area contributed by atoms with Crippen molar-refractivity contribution in [2.75, 3.05) is 19.5 Å². The molecule has 0 radical (unpaired) electrons. The number of hydrogen-bond acceptors (Lipinski definition) is 7. The van der Waals surface area contributed by atoms with Crippen LogP contribution in [0.25, 0.3) is 0 Å². The van der Waals surface area contributed by atoms with Gasteiger partial charge in [0, 0.05) is 18.2 Å². The van der Waals surface area contributed by atoms with Crippen molar-refractivity contribution < 1.29 is 27.6 Å². The number of rotatable bonds is 10. The van der Waals surface area contributed by atoms with Crippen molar-refractivity contribution in [1.82, 2.24) is 4.72 Å². The second-order valence-corrected chi connectivity index (χ2v) is 9.34. The molecular formula is C24H25N3O7S. The number of sulfonamides is 1. The Bertz CT molecular complexity index is 1330. The Morgan fingerprint density at radius 2 is 1.69 bits per heavy atom. The van der Waals surface area contributed by atoms with E-state index in [1.54, 1.807) is 37.3 Å². The van der Waals surface area contributed by atoms with Crippen LogP contribution < -0.4 is 19.5 Å². The summed E-state index contributed by atoms with van der Waals surface area (Å²) >= 11 is 0. The lowest BCUT2D eigenvalue weighted by molar-refractivity contribution is -0.384. The number of anilines is 1. The predicted molar refractivity (Wildman–Crippen MR) is 130 cm³/mol. The molecule has 0 heterocycles. The highest BCUT2D eigenvalue weighted by atomic mass is 32.2. The molecule has 3 aromatic rings. The fraction of sp³-hybridized carbons (Fsp3) is 0.208. The minimum atomic E-state index is -4.16. The summed E-state index contributed by atoms with van der Waals surface area (Å²) in [7, 11) is -1.35. The average molecular weight is 500 g/mol. The number of carbonyl (C=O) groups is 1. The number of nitrogens with zero attached hydrogens (tertiary/aromatic N) is 1. The van der Waals surface area contributed by atoms with Gasteiger partial charge in [-0.05, 0) is 36.6 Å². The summed E-state index contributed by atoms with van der Waals surface area (Å²) in [6, 6.07) is 15.8. The molecule has 184 valence electrons. The van der Waals surface area contributed by atoms with Gasteiger partial charge in [-0.25, -0.2) is 8.42 Å². The van der Waals surface area contributed by atoms with Gasteiger partial charge in [-0.3, -0.25) is 14.9 Å². The summed E-state index contributed by atoms with van der Waals surface area (Å²) < 4.78 is 39.2. The number of methoxy groups -OCH3 is 2. The largest absolute Gasteiger partial charge is 0.493 e. The minimum Gasteiger partial charge on any atom is -0.493 e. The molecule has 0 bridgehead atoms. The first-order chi connectivity index (χ1) is 16.6. The Morgan fingerprint density at radius 3 is 2.31 bits per heavy atom. The number of ether oxygens (including phenoxy) is 2. The normalized spacial score (nSPS) is 12.0. The van der Waals surface area contributed by atoms with E-state index in [0.29, 0.717) is 11.3 Å². The molecule has 10 nitrogen and oxygen atoms in total. The fourth-order valence-electron chi connectivity index (χ4n) is 3.35. The van der Waals surface area contributed by atoms with E-state index in [-0.39, 0.29) is 28.4 Å². The first-order valence-electron chi connectivity index (χ1n) is 10.5. The molecule has 0 saturated carbocycles. The van der Waals surface area contributed by atoms with E-state index >= 15 is 0 Å². The first-order valence-corrected chi connectivity index (χ1v) is 12.0. The van der Waals surface area contributed by atoms with Crippen molar-refractivity contribution in [3.05, 3.63) is 88.0 Å². The van der Waals surface area contributed by atoms with E-state index < -0.39 is 26.9 Å². The van der Waals surface area contributed by atoms with Gasteiger partial charge in [-0.2, -0.15) is 4.72 Å². The number of benzene rings is 3. The van der Waals surface area contributed by atoms with E-state index in [4.69, 9.17) is 9.47 Å². The second kappa shape index (κ2) is 11.0. The van der Waals surface area contributed by atoms with Crippen molar-refractivity contribution >= 4 is 27.3 Å². The van der Waals surface area contributed by atoms with E-state index in [2.05, 4.69) is 10.0 Å². The second-order valence-electron chi connectivity index (χ2n) is 7.63. The van der Waals surface area contributed by atoms with Gasteiger partial charge < -0.3 is 14.8 Å². The van der Waals surface area contributed by atoms with Crippen molar-refractivity contribution in [1.29, 1.82) is 0 Å². The maximum absolute atomic E-state index is 13.2. The van der Waals surface area contributed by atoms with Crippen LogP contribution in [0.2, 0.25) is 0 Å². The van der Waals surface area contributed by atoms with Gasteiger partial charge >= 0.3 is 0 Å². The van der Waals surface area contributed by atoms with Crippen LogP contribution >= 0.6 is 0 Å². The summed E-state index contributed by atoms with van der Waals surface area (Å²) in [5.41, 5.74) is 1.33. The highest BCUT2D eigenvalue weighted by Gasteiger charge is 2.28. The predicted octanol–water partition coefficient (Wildman–Crippen LogP) is 3.45. The number of aryl methyl sites for hydroxylation is 1.